The molecular formula is C29H31F5N2O2. The highest BCUT2D eigenvalue weighted by atomic mass is 19.4. The molecule has 3 aliphatic rings. The second-order valence-electron chi connectivity index (χ2n) is 11.1. The molecule has 1 aliphatic carbocycles. The molecule has 2 unspecified atom stereocenters. The number of piperidine rings is 1. The van der Waals surface area contributed by atoms with Crippen molar-refractivity contribution >= 4 is 11.8 Å². The second-order valence-corrected chi connectivity index (χ2v) is 11.1. The van der Waals surface area contributed by atoms with Crippen LogP contribution in [0, 0.1) is 5.82 Å². The lowest BCUT2D eigenvalue weighted by molar-refractivity contribution is -0.228. The fourth-order valence-corrected chi connectivity index (χ4v) is 6.72. The van der Waals surface area contributed by atoms with Gasteiger partial charge in [-0.2, -0.15) is 13.2 Å². The van der Waals surface area contributed by atoms with Crippen LogP contribution in [0.2, 0.25) is 0 Å². The standard InChI is InChI=1S/C29H31F5N2O2/c1-27(31,29(32,33)34)20-9-12-22-19(16-20)8-13-24-28(22,17-18-6-10-21(30)11-7-18)14-15-36(24)26(38)23-4-3-5-25(37)35(23)2/h6-7,9-12,16,23-24H,3-5,8,13-15,17H2,1-2H3/t23?,24-,27?,28-/m1/s1. The maximum Gasteiger partial charge on any atom is 0.426 e. The molecule has 0 bridgehead atoms. The monoisotopic (exact) mass is 534 g/mol. The summed E-state index contributed by atoms with van der Waals surface area (Å²) in [6.45, 7) is 0.973. The van der Waals surface area contributed by atoms with Crippen LogP contribution in [-0.2, 0) is 33.5 Å². The van der Waals surface area contributed by atoms with E-state index in [1.54, 1.807) is 25.2 Å². The maximum absolute atomic E-state index is 14.8. The summed E-state index contributed by atoms with van der Waals surface area (Å²) in [5.74, 6) is -0.550. The first-order chi connectivity index (χ1) is 17.8. The topological polar surface area (TPSA) is 40.6 Å². The molecule has 2 amide bonds. The Morgan fingerprint density at radius 2 is 1.76 bits per heavy atom. The molecule has 4 nitrogen and oxygen atoms in total. The SMILES string of the molecule is CN1C(=O)CCCC1C(=O)N1CC[C@@]2(Cc3ccc(F)cc3)c3ccc(C(C)(F)C(F)(F)F)cc3CC[C@@H]12. The Hall–Kier alpha value is -2.97. The maximum atomic E-state index is 14.8. The van der Waals surface area contributed by atoms with Gasteiger partial charge in [0.15, 0.2) is 0 Å². The summed E-state index contributed by atoms with van der Waals surface area (Å²) in [7, 11) is 1.65. The Morgan fingerprint density at radius 3 is 2.45 bits per heavy atom. The fraction of sp³-hybridized carbons (Fsp3) is 0.517. The van der Waals surface area contributed by atoms with Gasteiger partial charge in [-0.25, -0.2) is 8.78 Å². The summed E-state index contributed by atoms with van der Waals surface area (Å²) < 4.78 is 68.9. The number of fused-ring (bicyclic) bond motifs is 3. The number of likely N-dealkylation sites (N-methyl/N-ethyl adjacent to an activating group) is 1. The molecule has 0 radical (unpaired) electrons. The highest BCUT2D eigenvalue weighted by molar-refractivity contribution is 5.89. The molecule has 0 spiro atoms. The van der Waals surface area contributed by atoms with E-state index in [0.717, 1.165) is 11.1 Å². The summed E-state index contributed by atoms with van der Waals surface area (Å²) in [6.07, 6.45) is -1.49. The summed E-state index contributed by atoms with van der Waals surface area (Å²) in [6, 6.07) is 9.44. The van der Waals surface area contributed by atoms with Crippen molar-refractivity contribution in [3.63, 3.8) is 0 Å². The van der Waals surface area contributed by atoms with Crippen molar-refractivity contribution in [2.24, 2.45) is 0 Å². The van der Waals surface area contributed by atoms with Gasteiger partial charge in [0.05, 0.1) is 0 Å². The van der Waals surface area contributed by atoms with Crippen LogP contribution in [0.25, 0.3) is 0 Å². The van der Waals surface area contributed by atoms with Crippen molar-refractivity contribution in [3.05, 3.63) is 70.5 Å². The molecule has 5 rings (SSSR count). The Bertz CT molecular complexity index is 1240. The van der Waals surface area contributed by atoms with Gasteiger partial charge >= 0.3 is 6.18 Å². The number of nitrogens with zero attached hydrogens (tertiary/aromatic N) is 2. The predicted octanol–water partition coefficient (Wildman–Crippen LogP) is 5.61. The van der Waals surface area contributed by atoms with Gasteiger partial charge in [0.2, 0.25) is 17.5 Å². The number of aryl methyl sites for hydroxylation is 1. The predicted molar refractivity (Wildman–Crippen MR) is 132 cm³/mol. The van der Waals surface area contributed by atoms with Gasteiger partial charge < -0.3 is 9.80 Å². The normalized spacial score (nSPS) is 27.1. The first-order valence-corrected chi connectivity index (χ1v) is 13.1. The number of benzene rings is 2. The van der Waals surface area contributed by atoms with Crippen LogP contribution in [0.5, 0.6) is 0 Å². The number of halogens is 5. The third-order valence-electron chi connectivity index (χ3n) is 8.95. The summed E-state index contributed by atoms with van der Waals surface area (Å²) in [4.78, 5) is 29.4. The third-order valence-corrected chi connectivity index (χ3v) is 8.95. The van der Waals surface area contributed by atoms with E-state index in [9.17, 15) is 31.5 Å². The van der Waals surface area contributed by atoms with Crippen LogP contribution < -0.4 is 0 Å². The van der Waals surface area contributed by atoms with E-state index < -0.39 is 28.9 Å². The molecule has 2 fully saturated rings. The molecule has 0 N–H and O–H groups in total. The first kappa shape index (κ1) is 26.6. The lowest BCUT2D eigenvalue weighted by Gasteiger charge is -2.45. The largest absolute Gasteiger partial charge is 0.426 e. The molecule has 0 aromatic heterocycles. The fourth-order valence-electron chi connectivity index (χ4n) is 6.72. The van der Waals surface area contributed by atoms with E-state index >= 15 is 0 Å². The van der Waals surface area contributed by atoms with E-state index in [2.05, 4.69) is 0 Å². The van der Waals surface area contributed by atoms with E-state index in [4.69, 9.17) is 0 Å². The van der Waals surface area contributed by atoms with Gasteiger partial charge in [0.25, 0.3) is 0 Å². The van der Waals surface area contributed by atoms with E-state index in [1.807, 2.05) is 4.90 Å². The number of likely N-dealkylation sites (tertiary alicyclic amines) is 2. The van der Waals surface area contributed by atoms with Gasteiger partial charge in [-0.1, -0.05) is 30.3 Å². The average molecular weight is 535 g/mol. The van der Waals surface area contributed by atoms with Gasteiger partial charge in [0, 0.05) is 31.5 Å². The number of rotatable bonds is 4. The van der Waals surface area contributed by atoms with Crippen LogP contribution in [0.4, 0.5) is 22.0 Å². The van der Waals surface area contributed by atoms with Crippen molar-refractivity contribution in [2.75, 3.05) is 13.6 Å². The minimum absolute atomic E-state index is 0.0631. The van der Waals surface area contributed by atoms with Gasteiger partial charge in [-0.05, 0) is 79.8 Å². The van der Waals surface area contributed by atoms with E-state index in [1.165, 1.54) is 29.2 Å². The van der Waals surface area contributed by atoms with Crippen molar-refractivity contribution in [1.82, 2.24) is 9.80 Å². The minimum Gasteiger partial charge on any atom is -0.337 e. The van der Waals surface area contributed by atoms with Crippen LogP contribution >= 0.6 is 0 Å². The van der Waals surface area contributed by atoms with Crippen LogP contribution in [0.1, 0.15) is 61.3 Å². The summed E-state index contributed by atoms with van der Waals surface area (Å²) in [5, 5.41) is 0. The molecule has 2 aliphatic heterocycles. The Kier molecular flexibility index (Phi) is 6.55. The summed E-state index contributed by atoms with van der Waals surface area (Å²) in [5.41, 5.74) is -2.25. The molecule has 2 saturated heterocycles. The Balaban J connectivity index is 1.55. The third kappa shape index (κ3) is 4.28. The number of hydrogen-bond acceptors (Lipinski definition) is 2. The highest BCUT2D eigenvalue weighted by Crippen LogP contribution is 2.51. The Labute approximate surface area is 218 Å². The van der Waals surface area contributed by atoms with E-state index in [-0.39, 0.29) is 23.7 Å². The summed E-state index contributed by atoms with van der Waals surface area (Å²) >= 11 is 0. The zero-order valence-electron chi connectivity index (χ0n) is 21.5. The van der Waals surface area contributed by atoms with Crippen molar-refractivity contribution in [1.29, 1.82) is 0 Å². The van der Waals surface area contributed by atoms with Crippen LogP contribution in [-0.4, -0.2) is 53.5 Å². The number of carbonyl (C=O) groups excluding carboxylic acids is 2. The van der Waals surface area contributed by atoms with Gasteiger partial charge in [-0.15, -0.1) is 0 Å². The second kappa shape index (κ2) is 9.35. The quantitative estimate of drug-likeness (QED) is 0.479. The van der Waals surface area contributed by atoms with Crippen molar-refractivity contribution in [2.45, 2.75) is 81.2 Å². The molecule has 0 saturated carbocycles. The molecule has 2 heterocycles. The zero-order valence-corrected chi connectivity index (χ0v) is 21.5. The van der Waals surface area contributed by atoms with Crippen LogP contribution in [0.15, 0.2) is 42.5 Å². The highest BCUT2D eigenvalue weighted by Gasteiger charge is 2.56. The molecule has 2 aromatic rings. The molecule has 204 valence electrons. The molecule has 2 aromatic carbocycles. The molecule has 38 heavy (non-hydrogen) atoms. The number of amides is 2. The lowest BCUT2D eigenvalue weighted by Crippen LogP contribution is -2.55. The van der Waals surface area contributed by atoms with Crippen molar-refractivity contribution < 1.29 is 31.5 Å². The molecular weight excluding hydrogens is 503 g/mol. The number of hydrogen-bond donors (Lipinski definition) is 0. The Morgan fingerprint density at radius 1 is 1.05 bits per heavy atom. The van der Waals surface area contributed by atoms with E-state index in [0.29, 0.717) is 64.0 Å². The smallest absolute Gasteiger partial charge is 0.337 e. The van der Waals surface area contributed by atoms with Gasteiger partial charge in [-0.3, -0.25) is 9.59 Å². The van der Waals surface area contributed by atoms with Gasteiger partial charge in [0.1, 0.15) is 11.9 Å². The first-order valence-electron chi connectivity index (χ1n) is 13.1. The average Bonchev–Trinajstić information content (AvgIpc) is 3.25. The number of alkyl halides is 4. The van der Waals surface area contributed by atoms with Crippen molar-refractivity contribution in [3.8, 4) is 0 Å². The zero-order chi connectivity index (χ0) is 27.5. The lowest BCUT2D eigenvalue weighted by atomic mass is 9.63. The molecule has 9 heteroatoms. The van der Waals surface area contributed by atoms with Crippen LogP contribution in [0.3, 0.4) is 0 Å². The minimum atomic E-state index is -5.05. The molecule has 4 atom stereocenters. The number of carbonyl (C=O) groups is 2.